The van der Waals surface area contributed by atoms with E-state index >= 15 is 0 Å². The van der Waals surface area contributed by atoms with Crippen molar-refractivity contribution in [2.75, 3.05) is 18.9 Å². The Balaban J connectivity index is 1.97. The SMILES string of the molecule is NC(=O)c1cccc(N)c1OCCC1CCCO1. The fourth-order valence-electron chi connectivity index (χ4n) is 2.07. The lowest BCUT2D eigenvalue weighted by molar-refractivity contribution is 0.0898. The zero-order valence-corrected chi connectivity index (χ0v) is 10.2. The van der Waals surface area contributed by atoms with E-state index in [1.54, 1.807) is 18.2 Å². The molecule has 1 fully saturated rings. The number of nitrogens with two attached hydrogens (primary N) is 2. The van der Waals surface area contributed by atoms with Crippen LogP contribution in [-0.2, 0) is 4.74 Å². The number of carbonyl (C=O) groups is 1. The summed E-state index contributed by atoms with van der Waals surface area (Å²) in [4.78, 5) is 11.3. The molecule has 1 aromatic rings. The fraction of sp³-hybridized carbons (Fsp3) is 0.462. The summed E-state index contributed by atoms with van der Waals surface area (Å²) in [6.45, 7) is 1.30. The van der Waals surface area contributed by atoms with Crippen LogP contribution < -0.4 is 16.2 Å². The van der Waals surface area contributed by atoms with Crippen molar-refractivity contribution in [2.24, 2.45) is 5.73 Å². The molecule has 0 saturated carbocycles. The van der Waals surface area contributed by atoms with E-state index in [0.29, 0.717) is 23.6 Å². The van der Waals surface area contributed by atoms with Crippen molar-refractivity contribution in [3.8, 4) is 5.75 Å². The van der Waals surface area contributed by atoms with Crippen molar-refractivity contribution < 1.29 is 14.3 Å². The normalized spacial score (nSPS) is 18.8. The number of amides is 1. The topological polar surface area (TPSA) is 87.6 Å². The molecule has 2 rings (SSSR count). The quantitative estimate of drug-likeness (QED) is 0.771. The Bertz CT molecular complexity index is 428. The maximum absolute atomic E-state index is 11.3. The van der Waals surface area contributed by atoms with Gasteiger partial charge in [-0.3, -0.25) is 4.79 Å². The Morgan fingerprint density at radius 2 is 2.33 bits per heavy atom. The number of para-hydroxylation sites is 1. The lowest BCUT2D eigenvalue weighted by Crippen LogP contribution is -2.16. The van der Waals surface area contributed by atoms with Crippen molar-refractivity contribution in [1.29, 1.82) is 0 Å². The molecule has 1 amide bonds. The zero-order chi connectivity index (χ0) is 13.0. The van der Waals surface area contributed by atoms with Crippen molar-refractivity contribution in [3.63, 3.8) is 0 Å². The van der Waals surface area contributed by atoms with Crippen molar-refractivity contribution in [1.82, 2.24) is 0 Å². The molecule has 1 atom stereocenters. The number of nitrogen functional groups attached to an aromatic ring is 1. The lowest BCUT2D eigenvalue weighted by atomic mass is 10.1. The van der Waals surface area contributed by atoms with Crippen molar-refractivity contribution >= 4 is 11.6 Å². The Kier molecular flexibility index (Phi) is 4.04. The fourth-order valence-corrected chi connectivity index (χ4v) is 2.07. The third kappa shape index (κ3) is 2.92. The molecule has 0 bridgehead atoms. The van der Waals surface area contributed by atoms with Gasteiger partial charge in [0.15, 0.2) is 5.75 Å². The molecule has 1 saturated heterocycles. The average Bonchev–Trinajstić information content (AvgIpc) is 2.84. The summed E-state index contributed by atoms with van der Waals surface area (Å²) in [7, 11) is 0. The first-order valence-corrected chi connectivity index (χ1v) is 6.11. The smallest absolute Gasteiger partial charge is 0.252 e. The van der Waals surface area contributed by atoms with E-state index in [1.165, 1.54) is 0 Å². The van der Waals surface area contributed by atoms with Crippen LogP contribution in [0.5, 0.6) is 5.75 Å². The van der Waals surface area contributed by atoms with Crippen LogP contribution >= 0.6 is 0 Å². The molecule has 5 nitrogen and oxygen atoms in total. The van der Waals surface area contributed by atoms with Gasteiger partial charge < -0.3 is 20.9 Å². The highest BCUT2D eigenvalue weighted by Crippen LogP contribution is 2.26. The second kappa shape index (κ2) is 5.73. The molecule has 1 unspecified atom stereocenters. The maximum Gasteiger partial charge on any atom is 0.252 e. The minimum atomic E-state index is -0.533. The summed E-state index contributed by atoms with van der Waals surface area (Å²) in [5.74, 6) is -0.155. The van der Waals surface area contributed by atoms with E-state index in [4.69, 9.17) is 20.9 Å². The summed E-state index contributed by atoms with van der Waals surface area (Å²) in [6.07, 6.45) is 3.22. The van der Waals surface area contributed by atoms with E-state index in [2.05, 4.69) is 0 Å². The molecule has 1 heterocycles. The maximum atomic E-state index is 11.3. The number of rotatable bonds is 5. The number of anilines is 1. The van der Waals surface area contributed by atoms with Gasteiger partial charge in [-0.1, -0.05) is 6.07 Å². The van der Waals surface area contributed by atoms with Gasteiger partial charge in [-0.2, -0.15) is 0 Å². The summed E-state index contributed by atoms with van der Waals surface area (Å²) in [6, 6.07) is 4.98. The molecule has 0 spiro atoms. The largest absolute Gasteiger partial charge is 0.490 e. The van der Waals surface area contributed by atoms with E-state index < -0.39 is 5.91 Å². The second-order valence-electron chi connectivity index (χ2n) is 4.36. The molecule has 1 aliphatic rings. The van der Waals surface area contributed by atoms with Gasteiger partial charge in [-0.05, 0) is 25.0 Å². The Morgan fingerprint density at radius 3 is 3.00 bits per heavy atom. The Morgan fingerprint density at radius 1 is 1.50 bits per heavy atom. The highest BCUT2D eigenvalue weighted by atomic mass is 16.5. The first-order chi connectivity index (χ1) is 8.68. The highest BCUT2D eigenvalue weighted by molar-refractivity contribution is 5.97. The zero-order valence-electron chi connectivity index (χ0n) is 10.2. The molecule has 4 N–H and O–H groups in total. The number of primary amides is 1. The van der Waals surface area contributed by atoms with Crippen LogP contribution in [0.4, 0.5) is 5.69 Å². The highest BCUT2D eigenvalue weighted by Gasteiger charge is 2.17. The first kappa shape index (κ1) is 12.7. The minimum absolute atomic E-state index is 0.256. The predicted molar refractivity (Wildman–Crippen MR) is 68.5 cm³/mol. The molecular weight excluding hydrogens is 232 g/mol. The molecular formula is C13H18N2O3. The molecule has 0 radical (unpaired) electrons. The third-order valence-corrected chi connectivity index (χ3v) is 3.02. The standard InChI is InChI=1S/C13H18N2O3/c14-11-5-1-4-10(13(15)16)12(11)18-8-6-9-3-2-7-17-9/h1,4-5,9H,2-3,6-8,14H2,(H2,15,16). The summed E-state index contributed by atoms with van der Waals surface area (Å²) in [5, 5.41) is 0. The number of hydrogen-bond donors (Lipinski definition) is 2. The molecule has 0 aromatic heterocycles. The third-order valence-electron chi connectivity index (χ3n) is 3.02. The van der Waals surface area contributed by atoms with Gasteiger partial charge in [-0.15, -0.1) is 0 Å². The van der Waals surface area contributed by atoms with Crippen LogP contribution in [0.1, 0.15) is 29.6 Å². The van der Waals surface area contributed by atoms with Gasteiger partial charge in [0.2, 0.25) is 0 Å². The van der Waals surface area contributed by atoms with E-state index in [0.717, 1.165) is 25.9 Å². The van der Waals surface area contributed by atoms with Crippen molar-refractivity contribution in [2.45, 2.75) is 25.4 Å². The minimum Gasteiger partial charge on any atom is -0.490 e. The van der Waals surface area contributed by atoms with Crippen molar-refractivity contribution in [3.05, 3.63) is 23.8 Å². The van der Waals surface area contributed by atoms with Gasteiger partial charge >= 0.3 is 0 Å². The summed E-state index contributed by atoms with van der Waals surface area (Å²) >= 11 is 0. The van der Waals surface area contributed by atoms with Gasteiger partial charge in [0.25, 0.3) is 5.91 Å². The molecule has 0 aliphatic carbocycles. The van der Waals surface area contributed by atoms with Crippen LogP contribution in [0.2, 0.25) is 0 Å². The number of carbonyl (C=O) groups excluding carboxylic acids is 1. The van der Waals surface area contributed by atoms with E-state index in [1.807, 2.05) is 0 Å². The lowest BCUT2D eigenvalue weighted by Gasteiger charge is -2.14. The van der Waals surface area contributed by atoms with Gasteiger partial charge in [0.05, 0.1) is 24.0 Å². The Labute approximate surface area is 106 Å². The molecule has 18 heavy (non-hydrogen) atoms. The van der Waals surface area contributed by atoms with E-state index in [9.17, 15) is 4.79 Å². The number of hydrogen-bond acceptors (Lipinski definition) is 4. The van der Waals surface area contributed by atoms with Gasteiger partial charge in [0.1, 0.15) is 0 Å². The monoisotopic (exact) mass is 250 g/mol. The predicted octanol–water partition coefficient (Wildman–Crippen LogP) is 1.32. The number of ether oxygens (including phenoxy) is 2. The number of benzene rings is 1. The van der Waals surface area contributed by atoms with Crippen LogP contribution in [0.25, 0.3) is 0 Å². The summed E-state index contributed by atoms with van der Waals surface area (Å²) in [5.41, 5.74) is 11.8. The molecule has 1 aliphatic heterocycles. The van der Waals surface area contributed by atoms with Gasteiger partial charge in [0, 0.05) is 13.0 Å². The summed E-state index contributed by atoms with van der Waals surface area (Å²) < 4.78 is 11.1. The Hall–Kier alpha value is -1.75. The first-order valence-electron chi connectivity index (χ1n) is 6.11. The average molecular weight is 250 g/mol. The van der Waals surface area contributed by atoms with Crippen LogP contribution in [0.3, 0.4) is 0 Å². The molecule has 5 heteroatoms. The molecule has 1 aromatic carbocycles. The van der Waals surface area contributed by atoms with Gasteiger partial charge in [-0.25, -0.2) is 0 Å². The second-order valence-corrected chi connectivity index (χ2v) is 4.36. The van der Waals surface area contributed by atoms with Crippen LogP contribution in [0, 0.1) is 0 Å². The van der Waals surface area contributed by atoms with Crippen LogP contribution in [0.15, 0.2) is 18.2 Å². The molecule has 98 valence electrons. The van der Waals surface area contributed by atoms with E-state index in [-0.39, 0.29) is 6.10 Å². The van der Waals surface area contributed by atoms with Crippen LogP contribution in [-0.4, -0.2) is 25.2 Å².